The molecule has 7 heteroatoms. The summed E-state index contributed by atoms with van der Waals surface area (Å²) in [6, 6.07) is 12.6. The number of fused-ring (bicyclic) bond motifs is 1. The first-order valence-corrected chi connectivity index (χ1v) is 9.95. The zero-order chi connectivity index (χ0) is 19.9. The first-order valence-electron chi connectivity index (χ1n) is 9.95. The van der Waals surface area contributed by atoms with E-state index in [0.29, 0.717) is 6.42 Å². The fourth-order valence-corrected chi connectivity index (χ4v) is 3.67. The van der Waals surface area contributed by atoms with E-state index in [1.54, 1.807) is 7.05 Å². The Bertz CT molecular complexity index is 832. The SMILES string of the molecule is CN=C(NCCCC(=O)N1CCc2ccccc2C1)N(C)Cc1cccn1C.I. The van der Waals surface area contributed by atoms with Crippen molar-refractivity contribution in [2.24, 2.45) is 12.0 Å². The molecule has 0 atom stereocenters. The molecule has 6 nitrogen and oxygen atoms in total. The number of carbonyl (C=O) groups is 1. The molecule has 1 aliphatic rings. The van der Waals surface area contributed by atoms with Gasteiger partial charge in [0.2, 0.25) is 5.91 Å². The number of halogens is 1. The number of rotatable bonds is 6. The second-order valence-corrected chi connectivity index (χ2v) is 7.38. The number of amides is 1. The lowest BCUT2D eigenvalue weighted by atomic mass is 9.99. The van der Waals surface area contributed by atoms with E-state index >= 15 is 0 Å². The first kappa shape index (κ1) is 23.3. The summed E-state index contributed by atoms with van der Waals surface area (Å²) >= 11 is 0. The Labute approximate surface area is 191 Å². The lowest BCUT2D eigenvalue weighted by Gasteiger charge is -2.29. The highest BCUT2D eigenvalue weighted by Crippen LogP contribution is 2.19. The van der Waals surface area contributed by atoms with Crippen molar-refractivity contribution in [1.82, 2.24) is 19.7 Å². The summed E-state index contributed by atoms with van der Waals surface area (Å²) < 4.78 is 2.11. The van der Waals surface area contributed by atoms with Gasteiger partial charge in [-0.25, -0.2) is 0 Å². The Morgan fingerprint density at radius 3 is 2.66 bits per heavy atom. The molecule has 0 radical (unpaired) electrons. The van der Waals surface area contributed by atoms with Gasteiger partial charge in [-0.2, -0.15) is 0 Å². The number of hydrogen-bond acceptors (Lipinski definition) is 2. The highest BCUT2D eigenvalue weighted by Gasteiger charge is 2.19. The summed E-state index contributed by atoms with van der Waals surface area (Å²) in [6.45, 7) is 3.09. The van der Waals surface area contributed by atoms with Crippen LogP contribution in [0, 0.1) is 0 Å². The second kappa shape index (κ2) is 11.2. The van der Waals surface area contributed by atoms with Crippen molar-refractivity contribution >= 4 is 35.8 Å². The van der Waals surface area contributed by atoms with Crippen molar-refractivity contribution in [2.75, 3.05) is 27.2 Å². The number of aliphatic imine (C=N–C) groups is 1. The van der Waals surface area contributed by atoms with E-state index < -0.39 is 0 Å². The molecule has 0 aliphatic carbocycles. The van der Waals surface area contributed by atoms with Gasteiger partial charge < -0.3 is 19.7 Å². The predicted octanol–water partition coefficient (Wildman–Crippen LogP) is 3.02. The molecular formula is C22H32IN5O. The van der Waals surface area contributed by atoms with Gasteiger partial charge in [0.1, 0.15) is 0 Å². The quantitative estimate of drug-likeness (QED) is 0.282. The van der Waals surface area contributed by atoms with Crippen molar-refractivity contribution in [3.8, 4) is 0 Å². The number of aromatic nitrogens is 1. The van der Waals surface area contributed by atoms with E-state index in [9.17, 15) is 4.79 Å². The Hall–Kier alpha value is -2.03. The molecule has 158 valence electrons. The third-order valence-corrected chi connectivity index (χ3v) is 5.36. The number of carbonyl (C=O) groups excluding carboxylic acids is 1. The molecule has 2 aromatic rings. The standard InChI is InChI=1S/C22H31N5O.HI/c1-23-22(26(3)17-20-10-7-14-25(20)2)24-13-6-11-21(28)27-15-12-18-8-4-5-9-19(18)16-27;/h4-5,7-10,14H,6,11-13,15-17H2,1-3H3,(H,23,24);1H. The molecule has 0 spiro atoms. The summed E-state index contributed by atoms with van der Waals surface area (Å²) in [5, 5.41) is 3.37. The van der Waals surface area contributed by atoms with Crippen LogP contribution in [0.5, 0.6) is 0 Å². The molecule has 29 heavy (non-hydrogen) atoms. The van der Waals surface area contributed by atoms with Crippen LogP contribution < -0.4 is 5.32 Å². The molecule has 0 saturated carbocycles. The van der Waals surface area contributed by atoms with Crippen LogP contribution in [0.25, 0.3) is 0 Å². The van der Waals surface area contributed by atoms with Crippen LogP contribution in [0.3, 0.4) is 0 Å². The fourth-order valence-electron chi connectivity index (χ4n) is 3.67. The lowest BCUT2D eigenvalue weighted by Crippen LogP contribution is -2.40. The van der Waals surface area contributed by atoms with Gasteiger partial charge in [0.25, 0.3) is 0 Å². The van der Waals surface area contributed by atoms with E-state index in [0.717, 1.165) is 45.0 Å². The van der Waals surface area contributed by atoms with Crippen LogP contribution in [0.15, 0.2) is 47.6 Å². The second-order valence-electron chi connectivity index (χ2n) is 7.38. The summed E-state index contributed by atoms with van der Waals surface area (Å²) in [5.74, 6) is 1.09. The van der Waals surface area contributed by atoms with Gasteiger partial charge in [0.15, 0.2) is 5.96 Å². The number of nitrogens with zero attached hydrogens (tertiary/aromatic N) is 4. The van der Waals surface area contributed by atoms with Crippen LogP contribution in [0.1, 0.15) is 29.7 Å². The Balaban J connectivity index is 0.00000300. The van der Waals surface area contributed by atoms with E-state index in [-0.39, 0.29) is 29.9 Å². The smallest absolute Gasteiger partial charge is 0.222 e. The summed E-state index contributed by atoms with van der Waals surface area (Å²) in [6.07, 6.45) is 4.36. The minimum atomic E-state index is 0. The maximum Gasteiger partial charge on any atom is 0.222 e. The summed E-state index contributed by atoms with van der Waals surface area (Å²) in [5.41, 5.74) is 3.88. The van der Waals surface area contributed by atoms with E-state index in [2.05, 4.69) is 44.0 Å². The van der Waals surface area contributed by atoms with Crippen LogP contribution >= 0.6 is 24.0 Å². The monoisotopic (exact) mass is 509 g/mol. The zero-order valence-electron chi connectivity index (χ0n) is 17.6. The molecule has 0 saturated heterocycles. The van der Waals surface area contributed by atoms with Gasteiger partial charge in [0.05, 0.1) is 6.54 Å². The van der Waals surface area contributed by atoms with Crippen molar-refractivity contribution < 1.29 is 4.79 Å². The molecule has 1 N–H and O–H groups in total. The number of aryl methyl sites for hydroxylation is 1. The minimum absolute atomic E-state index is 0. The maximum absolute atomic E-state index is 12.6. The highest BCUT2D eigenvalue weighted by atomic mass is 127. The molecule has 3 rings (SSSR count). The topological polar surface area (TPSA) is 52.9 Å². The van der Waals surface area contributed by atoms with E-state index in [1.807, 2.05) is 37.3 Å². The normalized spacial score (nSPS) is 13.5. The lowest BCUT2D eigenvalue weighted by molar-refractivity contribution is -0.132. The third kappa shape index (κ3) is 6.22. The van der Waals surface area contributed by atoms with Gasteiger partial charge in [-0.15, -0.1) is 24.0 Å². The zero-order valence-corrected chi connectivity index (χ0v) is 19.9. The van der Waals surface area contributed by atoms with Gasteiger partial charge in [0, 0.05) is 59.1 Å². The van der Waals surface area contributed by atoms with E-state index in [4.69, 9.17) is 0 Å². The van der Waals surface area contributed by atoms with Crippen molar-refractivity contribution in [3.63, 3.8) is 0 Å². The highest BCUT2D eigenvalue weighted by molar-refractivity contribution is 14.0. The van der Waals surface area contributed by atoms with Crippen molar-refractivity contribution in [2.45, 2.75) is 32.4 Å². The maximum atomic E-state index is 12.6. The average molecular weight is 509 g/mol. The number of benzene rings is 1. The Morgan fingerprint density at radius 2 is 1.97 bits per heavy atom. The molecule has 0 bridgehead atoms. The fraction of sp³-hybridized carbons (Fsp3) is 0.455. The molecule has 0 fully saturated rings. The number of nitrogens with one attached hydrogen (secondary N) is 1. The first-order chi connectivity index (χ1) is 13.6. The van der Waals surface area contributed by atoms with Crippen LogP contribution in [0.2, 0.25) is 0 Å². The molecule has 1 aromatic carbocycles. The minimum Gasteiger partial charge on any atom is -0.356 e. The number of guanidine groups is 1. The predicted molar refractivity (Wildman–Crippen MR) is 128 cm³/mol. The largest absolute Gasteiger partial charge is 0.356 e. The summed E-state index contributed by atoms with van der Waals surface area (Å²) in [4.78, 5) is 21.0. The molecule has 1 aliphatic heterocycles. The van der Waals surface area contributed by atoms with Gasteiger partial charge >= 0.3 is 0 Å². The molecule has 0 unspecified atom stereocenters. The average Bonchev–Trinajstić information content (AvgIpc) is 3.11. The Morgan fingerprint density at radius 1 is 1.21 bits per heavy atom. The van der Waals surface area contributed by atoms with Crippen molar-refractivity contribution in [1.29, 1.82) is 0 Å². The molecule has 1 aromatic heterocycles. The van der Waals surface area contributed by atoms with Crippen LogP contribution in [-0.4, -0.2) is 53.4 Å². The van der Waals surface area contributed by atoms with E-state index in [1.165, 1.54) is 16.8 Å². The molecular weight excluding hydrogens is 477 g/mol. The van der Waals surface area contributed by atoms with Crippen LogP contribution in [-0.2, 0) is 31.4 Å². The molecule has 2 heterocycles. The Kier molecular flexibility index (Phi) is 9.00. The van der Waals surface area contributed by atoms with Crippen LogP contribution in [0.4, 0.5) is 0 Å². The van der Waals surface area contributed by atoms with Gasteiger partial charge in [-0.1, -0.05) is 24.3 Å². The molecule has 1 amide bonds. The summed E-state index contributed by atoms with van der Waals surface area (Å²) in [7, 11) is 5.86. The van der Waals surface area contributed by atoms with Crippen molar-refractivity contribution in [3.05, 3.63) is 59.4 Å². The van der Waals surface area contributed by atoms with Gasteiger partial charge in [-0.3, -0.25) is 9.79 Å². The van der Waals surface area contributed by atoms with Gasteiger partial charge in [-0.05, 0) is 36.1 Å². The third-order valence-electron chi connectivity index (χ3n) is 5.36. The number of hydrogen-bond donors (Lipinski definition) is 1.